The molecule has 0 radical (unpaired) electrons. The molecule has 3 heterocycles. The Morgan fingerprint density at radius 1 is 1.20 bits per heavy atom. The smallest absolute Gasteiger partial charge is 0.278 e. The molecule has 2 N–H and O–H groups in total. The summed E-state index contributed by atoms with van der Waals surface area (Å²) in [6.07, 6.45) is 9.08. The van der Waals surface area contributed by atoms with Crippen LogP contribution in [0.15, 0.2) is 53.8 Å². The monoisotopic (exact) mass is 547 g/mol. The molecule has 1 aromatic carbocycles. The number of aliphatic hydroxyl groups excluding tert-OH is 1. The highest BCUT2D eigenvalue weighted by Crippen LogP contribution is 2.33. The zero-order chi connectivity index (χ0) is 28.6. The van der Waals surface area contributed by atoms with Gasteiger partial charge in [-0.3, -0.25) is 28.3 Å². The van der Waals surface area contributed by atoms with Crippen LogP contribution in [0.1, 0.15) is 49.0 Å². The minimum absolute atomic E-state index is 0.0828. The number of aryl methyl sites for hydroxylation is 1. The molecule has 12 nitrogen and oxygen atoms in total. The van der Waals surface area contributed by atoms with Gasteiger partial charge in [0.2, 0.25) is 0 Å². The molecule has 0 bridgehead atoms. The van der Waals surface area contributed by atoms with Crippen molar-refractivity contribution in [3.63, 3.8) is 0 Å². The standard InChI is InChI=1S/C28H33N7O5/c1-17(36)27(38)33(3)19-7-9-20(10-8-19)35-15-18-12-22(25(40-4)13-24(18)31-35)26(37)30-23-6-5-11-34(28(23)39)21-14-29-32(2)16-21/h5-6,11-17,19-20,36H,7-10H2,1-4H3,(H,30,37)/t17-,19-,20-/m1/s1. The molecule has 1 atom stereocenters. The summed E-state index contributed by atoms with van der Waals surface area (Å²) in [6, 6.07) is 6.91. The van der Waals surface area contributed by atoms with E-state index in [1.165, 1.54) is 18.6 Å². The van der Waals surface area contributed by atoms with E-state index in [9.17, 15) is 19.5 Å². The van der Waals surface area contributed by atoms with E-state index in [0.717, 1.165) is 31.1 Å². The number of nitrogens with one attached hydrogen (secondary N) is 1. The fourth-order valence-electron chi connectivity index (χ4n) is 5.30. The van der Waals surface area contributed by atoms with Crippen molar-refractivity contribution in [2.45, 2.75) is 50.8 Å². The third-order valence-electron chi connectivity index (χ3n) is 7.55. The number of nitrogens with zero attached hydrogens (tertiary/aromatic N) is 6. The number of hydrogen-bond donors (Lipinski definition) is 2. The number of fused-ring (bicyclic) bond motifs is 1. The Morgan fingerprint density at radius 3 is 2.60 bits per heavy atom. The first-order valence-electron chi connectivity index (χ1n) is 13.2. The molecule has 1 saturated carbocycles. The van der Waals surface area contributed by atoms with E-state index in [-0.39, 0.29) is 34.8 Å². The Hall–Kier alpha value is -4.45. The second-order valence-corrected chi connectivity index (χ2v) is 10.2. The molecule has 2 amide bonds. The molecule has 0 unspecified atom stereocenters. The molecule has 4 aromatic rings. The third kappa shape index (κ3) is 5.22. The maximum atomic E-state index is 13.3. The van der Waals surface area contributed by atoms with E-state index in [2.05, 4.69) is 10.4 Å². The van der Waals surface area contributed by atoms with Crippen LogP contribution in [0, 0.1) is 0 Å². The number of amides is 2. The molecule has 210 valence electrons. The number of carbonyl (C=O) groups is 2. The van der Waals surface area contributed by atoms with Crippen molar-refractivity contribution in [3.05, 3.63) is 65.0 Å². The van der Waals surface area contributed by atoms with Gasteiger partial charge in [-0.05, 0) is 50.8 Å². The van der Waals surface area contributed by atoms with Crippen molar-refractivity contribution in [1.82, 2.24) is 29.0 Å². The summed E-state index contributed by atoms with van der Waals surface area (Å²) >= 11 is 0. The zero-order valence-corrected chi connectivity index (χ0v) is 22.9. The summed E-state index contributed by atoms with van der Waals surface area (Å²) < 4.78 is 10.4. The van der Waals surface area contributed by atoms with Crippen LogP contribution in [0.25, 0.3) is 16.6 Å². The first-order chi connectivity index (χ1) is 19.2. The maximum Gasteiger partial charge on any atom is 0.278 e. The van der Waals surface area contributed by atoms with Crippen LogP contribution in [-0.4, -0.2) is 72.3 Å². The highest BCUT2D eigenvalue weighted by atomic mass is 16.5. The molecule has 12 heteroatoms. The number of anilines is 1. The highest BCUT2D eigenvalue weighted by Gasteiger charge is 2.29. The van der Waals surface area contributed by atoms with Gasteiger partial charge in [-0.2, -0.15) is 10.2 Å². The third-order valence-corrected chi connectivity index (χ3v) is 7.55. The number of ether oxygens (including phenoxy) is 1. The molecule has 5 rings (SSSR count). The molecule has 1 fully saturated rings. The quantitative estimate of drug-likeness (QED) is 0.363. The Balaban J connectivity index is 1.35. The van der Waals surface area contributed by atoms with Gasteiger partial charge in [0.1, 0.15) is 17.5 Å². The summed E-state index contributed by atoms with van der Waals surface area (Å²) in [7, 11) is 4.99. The number of rotatable bonds is 7. The number of carbonyl (C=O) groups excluding carboxylic acids is 2. The topological polar surface area (TPSA) is 137 Å². The van der Waals surface area contributed by atoms with Crippen molar-refractivity contribution in [2.24, 2.45) is 7.05 Å². The zero-order valence-electron chi connectivity index (χ0n) is 22.9. The lowest BCUT2D eigenvalue weighted by Crippen LogP contribution is -2.43. The number of pyridine rings is 1. The average Bonchev–Trinajstić information content (AvgIpc) is 3.58. The summed E-state index contributed by atoms with van der Waals surface area (Å²) in [5.74, 6) is -0.391. The van der Waals surface area contributed by atoms with Crippen LogP contribution in [-0.2, 0) is 11.8 Å². The largest absolute Gasteiger partial charge is 0.496 e. The maximum absolute atomic E-state index is 13.3. The first-order valence-corrected chi connectivity index (χ1v) is 13.2. The van der Waals surface area contributed by atoms with E-state index in [4.69, 9.17) is 9.84 Å². The van der Waals surface area contributed by atoms with Crippen LogP contribution >= 0.6 is 0 Å². The van der Waals surface area contributed by atoms with Gasteiger partial charge in [-0.1, -0.05) is 0 Å². The minimum atomic E-state index is -1.01. The Labute approximate surface area is 230 Å². The molecule has 0 saturated heterocycles. The lowest BCUT2D eigenvalue weighted by atomic mass is 9.90. The van der Waals surface area contributed by atoms with E-state index in [0.29, 0.717) is 17.0 Å². The predicted octanol–water partition coefficient (Wildman–Crippen LogP) is 2.50. The lowest BCUT2D eigenvalue weighted by molar-refractivity contribution is -0.140. The number of methoxy groups -OCH3 is 1. The molecule has 0 aliphatic heterocycles. The molecule has 3 aromatic heterocycles. The van der Waals surface area contributed by atoms with E-state index >= 15 is 0 Å². The summed E-state index contributed by atoms with van der Waals surface area (Å²) in [4.78, 5) is 40.2. The van der Waals surface area contributed by atoms with Crippen molar-refractivity contribution in [1.29, 1.82) is 0 Å². The number of benzene rings is 1. The van der Waals surface area contributed by atoms with Crippen LogP contribution < -0.4 is 15.6 Å². The van der Waals surface area contributed by atoms with Gasteiger partial charge in [0.15, 0.2) is 0 Å². The summed E-state index contributed by atoms with van der Waals surface area (Å²) in [6.45, 7) is 1.49. The van der Waals surface area contributed by atoms with Crippen LogP contribution in [0.2, 0.25) is 0 Å². The lowest BCUT2D eigenvalue weighted by Gasteiger charge is -2.35. The van der Waals surface area contributed by atoms with E-state index < -0.39 is 12.0 Å². The summed E-state index contributed by atoms with van der Waals surface area (Å²) in [5.41, 5.74) is 1.31. The predicted molar refractivity (Wildman–Crippen MR) is 149 cm³/mol. The molecule has 40 heavy (non-hydrogen) atoms. The molecular weight excluding hydrogens is 514 g/mol. The van der Waals surface area contributed by atoms with Gasteiger partial charge in [-0.15, -0.1) is 0 Å². The van der Waals surface area contributed by atoms with E-state index in [1.54, 1.807) is 66.5 Å². The SMILES string of the molecule is COc1cc2nn([C@H]3CC[C@H](N(C)C(=O)[C@@H](C)O)CC3)cc2cc1C(=O)Nc1cccn(-c2cnn(C)c2)c1=O. The van der Waals surface area contributed by atoms with Crippen molar-refractivity contribution < 1.29 is 19.4 Å². The van der Waals surface area contributed by atoms with Gasteiger partial charge in [0, 0.05) is 50.2 Å². The Bertz CT molecular complexity index is 1610. The molecule has 1 aliphatic rings. The number of likely N-dealkylation sites (N-methyl/N-ethyl adjacent to an activating group) is 1. The van der Waals surface area contributed by atoms with Crippen molar-refractivity contribution in [3.8, 4) is 11.4 Å². The Morgan fingerprint density at radius 2 is 1.95 bits per heavy atom. The number of hydrogen-bond acceptors (Lipinski definition) is 7. The van der Waals surface area contributed by atoms with Crippen LogP contribution in [0.4, 0.5) is 5.69 Å². The molecular formula is C28H33N7O5. The van der Waals surface area contributed by atoms with Crippen LogP contribution in [0.5, 0.6) is 5.75 Å². The second-order valence-electron chi connectivity index (χ2n) is 10.2. The van der Waals surface area contributed by atoms with Gasteiger partial charge < -0.3 is 20.1 Å². The average molecular weight is 548 g/mol. The molecule has 0 spiro atoms. The normalized spacial score (nSPS) is 17.9. The minimum Gasteiger partial charge on any atom is -0.496 e. The van der Waals surface area contributed by atoms with Gasteiger partial charge >= 0.3 is 0 Å². The summed E-state index contributed by atoms with van der Waals surface area (Å²) in [5, 5.41) is 22.0. The highest BCUT2D eigenvalue weighted by molar-refractivity contribution is 6.08. The number of aliphatic hydroxyl groups is 1. The first kappa shape index (κ1) is 27.1. The van der Waals surface area contributed by atoms with E-state index in [1.807, 2.05) is 10.9 Å². The van der Waals surface area contributed by atoms with Gasteiger partial charge in [-0.25, -0.2) is 0 Å². The van der Waals surface area contributed by atoms with Crippen molar-refractivity contribution in [2.75, 3.05) is 19.5 Å². The van der Waals surface area contributed by atoms with Crippen molar-refractivity contribution >= 4 is 28.4 Å². The number of aromatic nitrogens is 5. The van der Waals surface area contributed by atoms with Gasteiger partial charge in [0.05, 0.1) is 36.1 Å². The van der Waals surface area contributed by atoms with Crippen LogP contribution in [0.3, 0.4) is 0 Å². The second kappa shape index (κ2) is 11.0. The fourth-order valence-corrected chi connectivity index (χ4v) is 5.30. The Kier molecular flexibility index (Phi) is 7.44. The van der Waals surface area contributed by atoms with Gasteiger partial charge in [0.25, 0.3) is 17.4 Å². The fraction of sp³-hybridized carbons (Fsp3) is 0.393. The molecule has 1 aliphatic carbocycles.